The summed E-state index contributed by atoms with van der Waals surface area (Å²) in [5.74, 6) is 1.43. The van der Waals surface area contributed by atoms with E-state index in [2.05, 4.69) is 15.5 Å². The van der Waals surface area contributed by atoms with Crippen molar-refractivity contribution in [3.05, 3.63) is 48.6 Å². The van der Waals surface area contributed by atoms with Gasteiger partial charge >= 0.3 is 0 Å². The number of hydrogen-bond acceptors (Lipinski definition) is 4. The Morgan fingerprint density at radius 3 is 3.10 bits per heavy atom. The predicted molar refractivity (Wildman–Crippen MR) is 71.2 cm³/mol. The van der Waals surface area contributed by atoms with Crippen LogP contribution >= 0.6 is 0 Å². The van der Waals surface area contributed by atoms with Gasteiger partial charge in [-0.25, -0.2) is 0 Å². The molecule has 20 heavy (non-hydrogen) atoms. The third kappa shape index (κ3) is 1.77. The largest absolute Gasteiger partial charge is 0.469 e. The van der Waals surface area contributed by atoms with Gasteiger partial charge in [0.25, 0.3) is 0 Å². The molecule has 100 valence electrons. The van der Waals surface area contributed by atoms with Gasteiger partial charge in [-0.2, -0.15) is 0 Å². The smallest absolute Gasteiger partial charge is 0.235 e. The Morgan fingerprint density at radius 1 is 1.30 bits per heavy atom. The number of nitrogens with zero attached hydrogens (tertiary/aromatic N) is 3. The predicted octanol–water partition coefficient (Wildman–Crippen LogP) is 2.06. The topological polar surface area (TPSA) is 72.4 Å². The molecule has 0 radical (unpaired) electrons. The number of carbonyl (C=O) groups excluding carboxylic acids is 1. The maximum atomic E-state index is 12.2. The molecular weight excluding hydrogens is 256 g/mol. The molecular formula is C14H12N4O2. The van der Waals surface area contributed by atoms with Gasteiger partial charge < -0.3 is 4.42 Å². The normalized spacial score (nSPS) is 21.0. The van der Waals surface area contributed by atoms with Crippen molar-refractivity contribution in [3.63, 3.8) is 0 Å². The second-order valence-corrected chi connectivity index (χ2v) is 4.91. The SMILES string of the molecule is O=C(Nc1nnc2ccccn12)[C@H]1C[C@@H]1c1ccco1. The van der Waals surface area contributed by atoms with Crippen LogP contribution in [0.5, 0.6) is 0 Å². The minimum Gasteiger partial charge on any atom is -0.469 e. The van der Waals surface area contributed by atoms with Gasteiger partial charge in [-0.05, 0) is 30.7 Å². The molecule has 0 saturated heterocycles. The van der Waals surface area contributed by atoms with E-state index in [4.69, 9.17) is 4.42 Å². The lowest BCUT2D eigenvalue weighted by Gasteiger charge is -2.02. The molecule has 3 aromatic rings. The zero-order valence-corrected chi connectivity index (χ0v) is 10.6. The van der Waals surface area contributed by atoms with E-state index >= 15 is 0 Å². The molecule has 2 atom stereocenters. The lowest BCUT2D eigenvalue weighted by molar-refractivity contribution is -0.117. The molecule has 1 N–H and O–H groups in total. The molecule has 0 spiro atoms. The van der Waals surface area contributed by atoms with E-state index in [1.807, 2.05) is 36.5 Å². The van der Waals surface area contributed by atoms with Crippen LogP contribution in [0.15, 0.2) is 47.2 Å². The molecule has 6 heteroatoms. The molecule has 0 unspecified atom stereocenters. The summed E-state index contributed by atoms with van der Waals surface area (Å²) in [5.41, 5.74) is 0.709. The molecule has 3 heterocycles. The molecule has 1 aliphatic rings. The number of aromatic nitrogens is 3. The van der Waals surface area contributed by atoms with Gasteiger partial charge in [0.05, 0.1) is 6.26 Å². The van der Waals surface area contributed by atoms with E-state index in [0.717, 1.165) is 12.2 Å². The van der Waals surface area contributed by atoms with E-state index in [0.29, 0.717) is 11.6 Å². The zero-order chi connectivity index (χ0) is 13.5. The molecule has 3 aromatic heterocycles. The number of amides is 1. The quantitative estimate of drug-likeness (QED) is 0.789. The number of rotatable bonds is 3. The van der Waals surface area contributed by atoms with Crippen LogP contribution in [0.4, 0.5) is 5.95 Å². The number of pyridine rings is 1. The maximum absolute atomic E-state index is 12.2. The van der Waals surface area contributed by atoms with Crippen LogP contribution in [0.1, 0.15) is 18.1 Å². The second kappa shape index (κ2) is 4.19. The summed E-state index contributed by atoms with van der Waals surface area (Å²) in [4.78, 5) is 12.2. The van der Waals surface area contributed by atoms with Gasteiger partial charge in [0, 0.05) is 18.0 Å². The van der Waals surface area contributed by atoms with Crippen LogP contribution < -0.4 is 5.32 Å². The Kier molecular flexibility index (Phi) is 2.35. The molecule has 0 bridgehead atoms. The summed E-state index contributed by atoms with van der Waals surface area (Å²) < 4.78 is 7.08. The summed E-state index contributed by atoms with van der Waals surface area (Å²) in [6.07, 6.45) is 4.27. The molecule has 1 amide bonds. The van der Waals surface area contributed by atoms with Crippen LogP contribution in [-0.2, 0) is 4.79 Å². The average Bonchev–Trinajstić information content (AvgIpc) is 2.92. The van der Waals surface area contributed by atoms with Gasteiger partial charge in [-0.15, -0.1) is 10.2 Å². The summed E-state index contributed by atoms with van der Waals surface area (Å²) in [6.45, 7) is 0. The molecule has 0 aliphatic heterocycles. The molecule has 4 rings (SSSR count). The molecule has 1 fully saturated rings. The number of nitrogens with one attached hydrogen (secondary N) is 1. The van der Waals surface area contributed by atoms with Crippen LogP contribution in [-0.4, -0.2) is 20.5 Å². The lowest BCUT2D eigenvalue weighted by Crippen LogP contribution is -2.16. The lowest BCUT2D eigenvalue weighted by atomic mass is 10.2. The van der Waals surface area contributed by atoms with Crippen LogP contribution in [0.2, 0.25) is 0 Å². The van der Waals surface area contributed by atoms with Crippen molar-refractivity contribution in [2.75, 3.05) is 5.32 Å². The van der Waals surface area contributed by atoms with Crippen LogP contribution in [0.25, 0.3) is 5.65 Å². The van der Waals surface area contributed by atoms with Crippen molar-refractivity contribution in [1.29, 1.82) is 0 Å². The Hall–Kier alpha value is -2.63. The first-order valence-corrected chi connectivity index (χ1v) is 6.47. The van der Waals surface area contributed by atoms with E-state index in [1.54, 1.807) is 10.7 Å². The first-order chi connectivity index (χ1) is 9.83. The number of hydrogen-bond donors (Lipinski definition) is 1. The molecule has 6 nitrogen and oxygen atoms in total. The highest BCUT2D eigenvalue weighted by molar-refractivity contribution is 5.94. The fourth-order valence-corrected chi connectivity index (χ4v) is 2.43. The Bertz CT molecular complexity index is 762. The summed E-state index contributed by atoms with van der Waals surface area (Å²) >= 11 is 0. The van der Waals surface area contributed by atoms with Crippen molar-refractivity contribution in [2.45, 2.75) is 12.3 Å². The Labute approximate surface area is 114 Å². The third-order valence-corrected chi connectivity index (χ3v) is 3.58. The third-order valence-electron chi connectivity index (χ3n) is 3.58. The van der Waals surface area contributed by atoms with Crippen LogP contribution in [0, 0.1) is 5.92 Å². The monoisotopic (exact) mass is 268 g/mol. The fourth-order valence-electron chi connectivity index (χ4n) is 2.43. The Balaban J connectivity index is 1.51. The van der Waals surface area contributed by atoms with Crippen molar-refractivity contribution < 1.29 is 9.21 Å². The number of fused-ring (bicyclic) bond motifs is 1. The zero-order valence-electron chi connectivity index (χ0n) is 10.6. The van der Waals surface area contributed by atoms with E-state index in [1.165, 1.54) is 0 Å². The highest BCUT2D eigenvalue weighted by atomic mass is 16.3. The van der Waals surface area contributed by atoms with Gasteiger partial charge in [0.2, 0.25) is 11.9 Å². The average molecular weight is 268 g/mol. The molecule has 1 saturated carbocycles. The minimum absolute atomic E-state index is 0.0375. The molecule has 1 aliphatic carbocycles. The number of furan rings is 1. The van der Waals surface area contributed by atoms with Crippen molar-refractivity contribution in [3.8, 4) is 0 Å². The van der Waals surface area contributed by atoms with Crippen molar-refractivity contribution in [1.82, 2.24) is 14.6 Å². The first kappa shape index (κ1) is 11.2. The molecule has 0 aromatic carbocycles. The van der Waals surface area contributed by atoms with E-state index in [9.17, 15) is 4.79 Å². The maximum Gasteiger partial charge on any atom is 0.235 e. The first-order valence-electron chi connectivity index (χ1n) is 6.47. The fraction of sp³-hybridized carbons (Fsp3) is 0.214. The van der Waals surface area contributed by atoms with Gasteiger partial charge in [-0.1, -0.05) is 6.07 Å². The van der Waals surface area contributed by atoms with Gasteiger partial charge in [0.15, 0.2) is 5.65 Å². The highest BCUT2D eigenvalue weighted by Crippen LogP contribution is 2.48. The second-order valence-electron chi connectivity index (χ2n) is 4.91. The van der Waals surface area contributed by atoms with Gasteiger partial charge in [-0.3, -0.25) is 14.5 Å². The summed E-state index contributed by atoms with van der Waals surface area (Å²) in [5, 5.41) is 10.8. The number of carbonyl (C=O) groups is 1. The van der Waals surface area contributed by atoms with E-state index < -0.39 is 0 Å². The van der Waals surface area contributed by atoms with Crippen molar-refractivity contribution in [2.24, 2.45) is 5.92 Å². The van der Waals surface area contributed by atoms with E-state index in [-0.39, 0.29) is 17.7 Å². The standard InChI is InChI=1S/C14H12N4O2/c19-13(10-8-9(10)11-4-3-7-20-11)15-14-17-16-12-5-1-2-6-18(12)14/h1-7,9-10H,8H2,(H,15,17,19)/t9-,10-/m0/s1. The summed E-state index contributed by atoms with van der Waals surface area (Å²) in [7, 11) is 0. The van der Waals surface area contributed by atoms with Gasteiger partial charge in [0.1, 0.15) is 5.76 Å². The Morgan fingerprint density at radius 2 is 2.25 bits per heavy atom. The highest BCUT2D eigenvalue weighted by Gasteiger charge is 2.46. The van der Waals surface area contributed by atoms with Crippen molar-refractivity contribution >= 4 is 17.5 Å². The minimum atomic E-state index is -0.0442. The summed E-state index contributed by atoms with van der Waals surface area (Å²) in [6, 6.07) is 9.34. The van der Waals surface area contributed by atoms with Crippen LogP contribution in [0.3, 0.4) is 0 Å². The number of anilines is 1.